The third kappa shape index (κ3) is 3.46. The molecule has 3 nitrogen and oxygen atoms in total. The minimum Gasteiger partial charge on any atom is -0.483 e. The van der Waals surface area contributed by atoms with Gasteiger partial charge in [0.05, 0.1) is 4.90 Å². The second-order valence-corrected chi connectivity index (χ2v) is 6.49. The second kappa shape index (κ2) is 5.76. The lowest BCUT2D eigenvalue weighted by molar-refractivity contribution is 0.273. The third-order valence-corrected chi connectivity index (χ3v) is 3.81. The lowest BCUT2D eigenvalue weighted by Gasteiger charge is -2.09. The number of hydrogen-bond donors (Lipinski definition) is 0. The van der Waals surface area contributed by atoms with Crippen LogP contribution < -0.4 is 4.74 Å². The lowest BCUT2D eigenvalue weighted by Crippen LogP contribution is -2.02. The molecule has 0 fully saturated rings. The monoisotopic (exact) mass is 318 g/mol. The summed E-state index contributed by atoms with van der Waals surface area (Å²) < 4.78 is 54.4. The fraction of sp³-hybridized carbons (Fsp3) is 0.0769. The Balaban J connectivity index is 2.25. The van der Waals surface area contributed by atoms with Crippen LogP contribution in [0.2, 0.25) is 0 Å². The fourth-order valence-corrected chi connectivity index (χ4v) is 2.30. The second-order valence-electron chi connectivity index (χ2n) is 3.93. The molecule has 0 heterocycles. The Morgan fingerprint density at radius 3 is 2.10 bits per heavy atom. The molecule has 0 aliphatic rings. The minimum atomic E-state index is -4.20. The SMILES string of the molecule is O=S(=O)(Cl)c1cc(F)c(OCc2ccccc2)c(F)c1. The molecule has 20 heavy (non-hydrogen) atoms. The largest absolute Gasteiger partial charge is 0.483 e. The smallest absolute Gasteiger partial charge is 0.261 e. The van der Waals surface area contributed by atoms with Gasteiger partial charge >= 0.3 is 0 Å². The first-order valence-corrected chi connectivity index (χ1v) is 7.79. The molecule has 2 aromatic carbocycles. The van der Waals surface area contributed by atoms with Crippen LogP contribution in [-0.4, -0.2) is 8.42 Å². The average Bonchev–Trinajstić information content (AvgIpc) is 2.37. The van der Waals surface area contributed by atoms with E-state index in [-0.39, 0.29) is 6.61 Å². The van der Waals surface area contributed by atoms with E-state index in [2.05, 4.69) is 0 Å². The van der Waals surface area contributed by atoms with Crippen molar-refractivity contribution in [3.63, 3.8) is 0 Å². The van der Waals surface area contributed by atoms with Crippen molar-refractivity contribution in [3.8, 4) is 5.75 Å². The quantitative estimate of drug-likeness (QED) is 0.811. The van der Waals surface area contributed by atoms with E-state index in [9.17, 15) is 17.2 Å². The number of rotatable bonds is 4. The molecule has 7 heteroatoms. The van der Waals surface area contributed by atoms with E-state index in [1.54, 1.807) is 30.3 Å². The van der Waals surface area contributed by atoms with Crippen molar-refractivity contribution in [3.05, 3.63) is 59.7 Å². The standard InChI is InChI=1S/C13H9ClF2O3S/c14-20(17,18)10-6-11(15)13(12(16)7-10)19-8-9-4-2-1-3-5-9/h1-7H,8H2. The highest BCUT2D eigenvalue weighted by atomic mass is 35.7. The van der Waals surface area contributed by atoms with E-state index in [1.165, 1.54) is 0 Å². The fourth-order valence-electron chi connectivity index (χ4n) is 1.55. The molecule has 0 N–H and O–H groups in total. The molecule has 0 aliphatic carbocycles. The maximum absolute atomic E-state index is 13.7. The third-order valence-electron chi connectivity index (χ3n) is 2.48. The Kier molecular flexibility index (Phi) is 4.25. The van der Waals surface area contributed by atoms with Gasteiger partial charge in [-0.3, -0.25) is 0 Å². The zero-order valence-corrected chi connectivity index (χ0v) is 11.6. The van der Waals surface area contributed by atoms with Crippen LogP contribution in [-0.2, 0) is 15.7 Å². The number of benzene rings is 2. The van der Waals surface area contributed by atoms with Crippen molar-refractivity contribution in [2.24, 2.45) is 0 Å². The van der Waals surface area contributed by atoms with Crippen molar-refractivity contribution in [1.82, 2.24) is 0 Å². The van der Waals surface area contributed by atoms with Crippen molar-refractivity contribution >= 4 is 19.7 Å². The van der Waals surface area contributed by atoms with Gasteiger partial charge in [0.15, 0.2) is 17.4 Å². The minimum absolute atomic E-state index is 0.0400. The Labute approximate surface area is 119 Å². The summed E-state index contributed by atoms with van der Waals surface area (Å²) in [7, 11) is 0.831. The molecule has 0 radical (unpaired) electrons. The predicted octanol–water partition coefficient (Wildman–Crippen LogP) is 3.47. The Morgan fingerprint density at radius 1 is 1.05 bits per heavy atom. The van der Waals surface area contributed by atoms with Crippen LogP contribution in [0.15, 0.2) is 47.4 Å². The summed E-state index contributed by atoms with van der Waals surface area (Å²) in [4.78, 5) is -0.652. The van der Waals surface area contributed by atoms with E-state index in [0.29, 0.717) is 12.1 Å². The van der Waals surface area contributed by atoms with Crippen molar-refractivity contribution < 1.29 is 21.9 Å². The van der Waals surface area contributed by atoms with Crippen LogP contribution >= 0.6 is 10.7 Å². The summed E-state index contributed by atoms with van der Waals surface area (Å²) in [5.74, 6) is -2.89. The molecule has 2 rings (SSSR count). The molecule has 0 unspecified atom stereocenters. The van der Waals surface area contributed by atoms with Gasteiger partial charge in [-0.05, 0) is 17.7 Å². The highest BCUT2D eigenvalue weighted by Gasteiger charge is 2.19. The normalized spacial score (nSPS) is 11.3. The van der Waals surface area contributed by atoms with Gasteiger partial charge in [0.1, 0.15) is 6.61 Å². The van der Waals surface area contributed by atoms with Crippen LogP contribution in [0.25, 0.3) is 0 Å². The van der Waals surface area contributed by atoms with Gasteiger partial charge in [0, 0.05) is 10.7 Å². The van der Waals surface area contributed by atoms with Crippen LogP contribution in [0.4, 0.5) is 8.78 Å². The summed E-state index contributed by atoms with van der Waals surface area (Å²) in [6.07, 6.45) is 0. The van der Waals surface area contributed by atoms with Crippen molar-refractivity contribution in [2.45, 2.75) is 11.5 Å². The summed E-state index contributed by atoms with van der Waals surface area (Å²) in [6.45, 7) is -0.0400. The Morgan fingerprint density at radius 2 is 1.60 bits per heavy atom. The van der Waals surface area contributed by atoms with E-state index < -0.39 is 31.3 Å². The lowest BCUT2D eigenvalue weighted by atomic mass is 10.2. The first-order valence-electron chi connectivity index (χ1n) is 5.48. The molecule has 0 bridgehead atoms. The molecule has 0 aromatic heterocycles. The van der Waals surface area contributed by atoms with Crippen LogP contribution in [0.1, 0.15) is 5.56 Å². The molecule has 106 valence electrons. The van der Waals surface area contributed by atoms with E-state index in [0.717, 1.165) is 5.56 Å². The van der Waals surface area contributed by atoms with Crippen LogP contribution in [0.3, 0.4) is 0 Å². The van der Waals surface area contributed by atoms with Gasteiger partial charge in [-0.1, -0.05) is 30.3 Å². The maximum atomic E-state index is 13.7. The summed E-state index contributed by atoms with van der Waals surface area (Å²) in [5, 5.41) is 0. The average molecular weight is 319 g/mol. The summed E-state index contributed by atoms with van der Waals surface area (Å²) in [6, 6.07) is 10.0. The van der Waals surface area contributed by atoms with Crippen molar-refractivity contribution in [2.75, 3.05) is 0 Å². The highest BCUT2D eigenvalue weighted by molar-refractivity contribution is 8.13. The zero-order chi connectivity index (χ0) is 14.8. The number of hydrogen-bond acceptors (Lipinski definition) is 3. The first-order chi connectivity index (χ1) is 9.38. The van der Waals surface area contributed by atoms with Crippen LogP contribution in [0.5, 0.6) is 5.75 Å². The topological polar surface area (TPSA) is 43.4 Å². The van der Waals surface area contributed by atoms with Crippen LogP contribution in [0, 0.1) is 11.6 Å². The molecule has 0 aliphatic heterocycles. The Bertz CT molecular complexity index is 695. The van der Waals surface area contributed by atoms with Gasteiger partial charge in [-0.2, -0.15) is 0 Å². The van der Waals surface area contributed by atoms with Crippen molar-refractivity contribution in [1.29, 1.82) is 0 Å². The van der Waals surface area contributed by atoms with Gasteiger partial charge < -0.3 is 4.74 Å². The number of ether oxygens (including phenoxy) is 1. The molecule has 0 atom stereocenters. The first kappa shape index (κ1) is 14.7. The molecular formula is C13H9ClF2O3S. The van der Waals surface area contributed by atoms with Gasteiger partial charge in [-0.15, -0.1) is 0 Å². The van der Waals surface area contributed by atoms with Gasteiger partial charge in [-0.25, -0.2) is 17.2 Å². The van der Waals surface area contributed by atoms with E-state index >= 15 is 0 Å². The molecule has 0 saturated carbocycles. The molecule has 0 spiro atoms. The summed E-state index contributed by atoms with van der Waals surface area (Å²) >= 11 is 0. The highest BCUT2D eigenvalue weighted by Crippen LogP contribution is 2.27. The van der Waals surface area contributed by atoms with E-state index in [1.807, 2.05) is 0 Å². The summed E-state index contributed by atoms with van der Waals surface area (Å²) in [5.41, 5.74) is 0.723. The molecular weight excluding hydrogens is 310 g/mol. The molecule has 0 amide bonds. The zero-order valence-electron chi connectivity index (χ0n) is 10.0. The molecule has 0 saturated heterocycles. The Hall–Kier alpha value is -1.66. The van der Waals surface area contributed by atoms with Gasteiger partial charge in [0.2, 0.25) is 0 Å². The number of halogens is 3. The molecule has 2 aromatic rings. The van der Waals surface area contributed by atoms with Gasteiger partial charge in [0.25, 0.3) is 9.05 Å². The predicted molar refractivity (Wildman–Crippen MR) is 70.2 cm³/mol. The maximum Gasteiger partial charge on any atom is 0.261 e. The van der Waals surface area contributed by atoms with E-state index in [4.69, 9.17) is 15.4 Å².